The SMILES string of the molecule is CCn1nc(C)cc1CC(O)C1(OC)CCC1. The van der Waals surface area contributed by atoms with Crippen LogP contribution < -0.4 is 0 Å². The van der Waals surface area contributed by atoms with Gasteiger partial charge in [0.1, 0.15) is 0 Å². The molecule has 1 aliphatic rings. The van der Waals surface area contributed by atoms with Crippen molar-refractivity contribution in [1.29, 1.82) is 0 Å². The molecule has 1 heterocycles. The molecule has 1 N–H and O–H groups in total. The first kappa shape index (κ1) is 12.6. The van der Waals surface area contributed by atoms with Crippen LogP contribution in [0.5, 0.6) is 0 Å². The normalized spacial score (nSPS) is 20.0. The molecule has 0 spiro atoms. The highest BCUT2D eigenvalue weighted by molar-refractivity contribution is 5.12. The van der Waals surface area contributed by atoms with Crippen LogP contribution in [0.2, 0.25) is 0 Å². The van der Waals surface area contributed by atoms with Crippen LogP contribution >= 0.6 is 0 Å². The van der Waals surface area contributed by atoms with Gasteiger partial charge in [-0.05, 0) is 39.2 Å². The fourth-order valence-electron chi connectivity index (χ4n) is 2.62. The highest BCUT2D eigenvalue weighted by Gasteiger charge is 2.43. The molecule has 17 heavy (non-hydrogen) atoms. The Morgan fingerprint density at radius 2 is 2.29 bits per heavy atom. The van der Waals surface area contributed by atoms with E-state index in [2.05, 4.69) is 18.1 Å². The Hall–Kier alpha value is -0.870. The van der Waals surface area contributed by atoms with Gasteiger partial charge in [-0.2, -0.15) is 5.10 Å². The summed E-state index contributed by atoms with van der Waals surface area (Å²) in [4.78, 5) is 0. The van der Waals surface area contributed by atoms with E-state index >= 15 is 0 Å². The second-order valence-electron chi connectivity index (χ2n) is 4.94. The molecule has 1 aromatic heterocycles. The summed E-state index contributed by atoms with van der Waals surface area (Å²) in [5.74, 6) is 0. The van der Waals surface area contributed by atoms with E-state index in [4.69, 9.17) is 4.74 Å². The molecule has 1 saturated carbocycles. The molecule has 0 bridgehead atoms. The summed E-state index contributed by atoms with van der Waals surface area (Å²) in [6, 6.07) is 2.05. The van der Waals surface area contributed by atoms with Crippen molar-refractivity contribution in [1.82, 2.24) is 9.78 Å². The molecule has 1 aliphatic carbocycles. The van der Waals surface area contributed by atoms with E-state index in [9.17, 15) is 5.11 Å². The van der Waals surface area contributed by atoms with E-state index in [1.165, 1.54) is 0 Å². The molecule has 0 aliphatic heterocycles. The Labute approximate surface area is 103 Å². The minimum absolute atomic E-state index is 0.309. The topological polar surface area (TPSA) is 47.3 Å². The van der Waals surface area contributed by atoms with E-state index in [1.807, 2.05) is 11.6 Å². The number of hydrogen-bond donors (Lipinski definition) is 1. The minimum atomic E-state index is -0.428. The zero-order valence-electron chi connectivity index (χ0n) is 10.9. The maximum atomic E-state index is 10.3. The van der Waals surface area contributed by atoms with Crippen LogP contribution in [0.3, 0.4) is 0 Å². The Morgan fingerprint density at radius 1 is 1.59 bits per heavy atom. The molecule has 1 atom stereocenters. The van der Waals surface area contributed by atoms with Crippen LogP contribution in [0.25, 0.3) is 0 Å². The molecule has 0 saturated heterocycles. The van der Waals surface area contributed by atoms with Gasteiger partial charge in [-0.25, -0.2) is 0 Å². The molecule has 1 fully saturated rings. The predicted octanol–water partition coefficient (Wildman–Crippen LogP) is 1.68. The quantitative estimate of drug-likeness (QED) is 0.849. The zero-order valence-corrected chi connectivity index (χ0v) is 10.9. The first-order chi connectivity index (χ1) is 8.11. The maximum Gasteiger partial charge on any atom is 0.0940 e. The average Bonchev–Trinajstić information content (AvgIpc) is 2.58. The van der Waals surface area contributed by atoms with Crippen molar-refractivity contribution in [2.75, 3.05) is 7.11 Å². The highest BCUT2D eigenvalue weighted by Crippen LogP contribution is 2.39. The first-order valence-corrected chi connectivity index (χ1v) is 6.38. The highest BCUT2D eigenvalue weighted by atomic mass is 16.5. The zero-order chi connectivity index (χ0) is 12.5. The molecule has 0 amide bonds. The number of ether oxygens (including phenoxy) is 1. The number of methoxy groups -OCH3 is 1. The fraction of sp³-hybridized carbons (Fsp3) is 0.769. The standard InChI is InChI=1S/C13H22N2O2/c1-4-15-11(8-10(2)14-15)9-12(16)13(17-3)6-5-7-13/h8,12,16H,4-7,9H2,1-3H3. The monoisotopic (exact) mass is 238 g/mol. The summed E-state index contributed by atoms with van der Waals surface area (Å²) in [6.07, 6.45) is 3.27. The van der Waals surface area contributed by atoms with Gasteiger partial charge in [-0.3, -0.25) is 4.68 Å². The lowest BCUT2D eigenvalue weighted by atomic mass is 9.74. The minimum Gasteiger partial charge on any atom is -0.390 e. The molecular weight excluding hydrogens is 216 g/mol. The van der Waals surface area contributed by atoms with Crippen molar-refractivity contribution < 1.29 is 9.84 Å². The molecule has 1 aromatic rings. The first-order valence-electron chi connectivity index (χ1n) is 6.38. The Bertz CT molecular complexity index is 377. The van der Waals surface area contributed by atoms with Gasteiger partial charge in [0.05, 0.1) is 17.4 Å². The average molecular weight is 238 g/mol. The lowest BCUT2D eigenvalue weighted by Crippen LogP contribution is -2.51. The number of nitrogens with zero attached hydrogens (tertiary/aromatic N) is 2. The van der Waals surface area contributed by atoms with E-state index < -0.39 is 6.10 Å². The van der Waals surface area contributed by atoms with Crippen LogP contribution in [-0.4, -0.2) is 33.7 Å². The molecule has 4 nitrogen and oxygen atoms in total. The predicted molar refractivity (Wildman–Crippen MR) is 65.9 cm³/mol. The smallest absolute Gasteiger partial charge is 0.0940 e. The lowest BCUT2D eigenvalue weighted by molar-refractivity contribution is -0.149. The fourth-order valence-corrected chi connectivity index (χ4v) is 2.62. The molecule has 0 aromatic carbocycles. The summed E-state index contributed by atoms with van der Waals surface area (Å²) in [7, 11) is 1.70. The summed E-state index contributed by atoms with van der Waals surface area (Å²) < 4.78 is 7.47. The van der Waals surface area contributed by atoms with Gasteiger partial charge in [-0.1, -0.05) is 0 Å². The number of aliphatic hydroxyl groups excluding tert-OH is 1. The summed E-state index contributed by atoms with van der Waals surface area (Å²) in [6.45, 7) is 4.89. The number of hydrogen-bond acceptors (Lipinski definition) is 3. The third kappa shape index (κ3) is 2.24. The van der Waals surface area contributed by atoms with Gasteiger partial charge in [-0.15, -0.1) is 0 Å². The summed E-state index contributed by atoms with van der Waals surface area (Å²) in [5.41, 5.74) is 1.80. The summed E-state index contributed by atoms with van der Waals surface area (Å²) >= 11 is 0. The van der Waals surface area contributed by atoms with Crippen molar-refractivity contribution in [2.24, 2.45) is 0 Å². The Morgan fingerprint density at radius 3 is 2.76 bits per heavy atom. The Kier molecular flexibility index (Phi) is 3.54. The van der Waals surface area contributed by atoms with Gasteiger partial charge in [0.15, 0.2) is 0 Å². The number of aromatic nitrogens is 2. The van der Waals surface area contributed by atoms with E-state index in [1.54, 1.807) is 7.11 Å². The van der Waals surface area contributed by atoms with Crippen LogP contribution in [0.1, 0.15) is 37.6 Å². The van der Waals surface area contributed by atoms with Crippen LogP contribution in [-0.2, 0) is 17.7 Å². The van der Waals surface area contributed by atoms with Crippen molar-refractivity contribution >= 4 is 0 Å². The van der Waals surface area contributed by atoms with Gasteiger partial charge >= 0.3 is 0 Å². The van der Waals surface area contributed by atoms with Crippen molar-refractivity contribution in [2.45, 2.75) is 57.8 Å². The second kappa shape index (κ2) is 4.78. The largest absolute Gasteiger partial charge is 0.390 e. The van der Waals surface area contributed by atoms with Crippen LogP contribution in [0.4, 0.5) is 0 Å². The number of aliphatic hydroxyl groups is 1. The number of aryl methyl sites for hydroxylation is 2. The second-order valence-corrected chi connectivity index (χ2v) is 4.94. The molecule has 4 heteroatoms. The van der Waals surface area contributed by atoms with Crippen molar-refractivity contribution in [3.8, 4) is 0 Å². The van der Waals surface area contributed by atoms with E-state index in [0.717, 1.165) is 37.2 Å². The number of rotatable bonds is 5. The molecule has 96 valence electrons. The van der Waals surface area contributed by atoms with Crippen LogP contribution in [0.15, 0.2) is 6.07 Å². The molecule has 0 radical (unpaired) electrons. The van der Waals surface area contributed by atoms with Gasteiger partial charge in [0.2, 0.25) is 0 Å². The summed E-state index contributed by atoms with van der Waals surface area (Å²) in [5, 5.41) is 14.7. The lowest BCUT2D eigenvalue weighted by Gasteiger charge is -2.44. The van der Waals surface area contributed by atoms with E-state index in [0.29, 0.717) is 6.42 Å². The molecule has 2 rings (SSSR count). The van der Waals surface area contributed by atoms with Crippen molar-refractivity contribution in [3.05, 3.63) is 17.5 Å². The van der Waals surface area contributed by atoms with Gasteiger partial charge < -0.3 is 9.84 Å². The van der Waals surface area contributed by atoms with Gasteiger partial charge in [0.25, 0.3) is 0 Å². The third-order valence-electron chi connectivity index (χ3n) is 3.90. The van der Waals surface area contributed by atoms with E-state index in [-0.39, 0.29) is 5.60 Å². The third-order valence-corrected chi connectivity index (χ3v) is 3.90. The maximum absolute atomic E-state index is 10.3. The Balaban J connectivity index is 2.09. The van der Waals surface area contributed by atoms with Crippen molar-refractivity contribution in [3.63, 3.8) is 0 Å². The van der Waals surface area contributed by atoms with Gasteiger partial charge in [0, 0.05) is 25.8 Å². The molecule has 1 unspecified atom stereocenters. The van der Waals surface area contributed by atoms with Crippen LogP contribution in [0, 0.1) is 6.92 Å². The molecular formula is C13H22N2O2.